The third-order valence-corrected chi connectivity index (χ3v) is 5.79. The molecule has 6 nitrogen and oxygen atoms in total. The van der Waals surface area contributed by atoms with Crippen molar-refractivity contribution in [2.75, 3.05) is 45.3 Å². The van der Waals surface area contributed by atoms with Crippen LogP contribution >= 0.6 is 0 Å². The Balaban J connectivity index is 1.55. The number of hydrogen-bond donors (Lipinski definition) is 0. The summed E-state index contributed by atoms with van der Waals surface area (Å²) in [6.45, 7) is 4.64. The smallest absolute Gasteiger partial charge is 0.162 e. The fourth-order valence-electron chi connectivity index (χ4n) is 4.35. The molecule has 26 heavy (non-hydrogen) atoms. The van der Waals surface area contributed by atoms with E-state index in [-0.39, 0.29) is 0 Å². The zero-order chi connectivity index (χ0) is 17.9. The number of nitrogens with zero attached hydrogens (tertiary/aromatic N) is 4. The van der Waals surface area contributed by atoms with Crippen LogP contribution in [0.15, 0.2) is 18.5 Å². The molecule has 2 aliphatic rings. The molecule has 0 unspecified atom stereocenters. The number of piperidine rings is 2. The summed E-state index contributed by atoms with van der Waals surface area (Å²) in [5, 5.41) is 1.03. The lowest BCUT2D eigenvalue weighted by molar-refractivity contribution is 0.141. The Morgan fingerprint density at radius 1 is 0.885 bits per heavy atom. The van der Waals surface area contributed by atoms with Crippen LogP contribution in [0.1, 0.15) is 32.1 Å². The predicted molar refractivity (Wildman–Crippen MR) is 103 cm³/mol. The second-order valence-corrected chi connectivity index (χ2v) is 7.24. The molecule has 1 aromatic heterocycles. The number of ether oxygens (including phenoxy) is 2. The van der Waals surface area contributed by atoms with Gasteiger partial charge in [-0.15, -0.1) is 0 Å². The molecule has 0 spiro atoms. The molecule has 0 bridgehead atoms. The molecule has 0 radical (unpaired) electrons. The van der Waals surface area contributed by atoms with E-state index in [0.29, 0.717) is 5.75 Å². The van der Waals surface area contributed by atoms with Crippen molar-refractivity contribution in [3.05, 3.63) is 18.5 Å². The summed E-state index contributed by atoms with van der Waals surface area (Å²) in [4.78, 5) is 14.1. The average Bonchev–Trinajstić information content (AvgIpc) is 2.73. The zero-order valence-corrected chi connectivity index (χ0v) is 15.8. The van der Waals surface area contributed by atoms with Gasteiger partial charge in [0.15, 0.2) is 11.5 Å². The minimum atomic E-state index is 0.702. The highest BCUT2D eigenvalue weighted by Gasteiger charge is 2.27. The van der Waals surface area contributed by atoms with Gasteiger partial charge in [0.05, 0.1) is 19.7 Å². The summed E-state index contributed by atoms with van der Waals surface area (Å²) in [6, 6.07) is 4.66. The van der Waals surface area contributed by atoms with Crippen molar-refractivity contribution in [2.24, 2.45) is 0 Å². The van der Waals surface area contributed by atoms with Gasteiger partial charge in [-0.2, -0.15) is 0 Å². The quantitative estimate of drug-likeness (QED) is 0.839. The molecule has 2 saturated heterocycles. The van der Waals surface area contributed by atoms with E-state index in [1.165, 1.54) is 45.2 Å². The Bertz CT molecular complexity index is 753. The fourth-order valence-corrected chi connectivity index (χ4v) is 4.35. The van der Waals surface area contributed by atoms with Crippen LogP contribution in [0.3, 0.4) is 0 Å². The maximum absolute atomic E-state index is 5.48. The summed E-state index contributed by atoms with van der Waals surface area (Å²) in [7, 11) is 3.31. The van der Waals surface area contributed by atoms with E-state index in [2.05, 4.69) is 19.8 Å². The Morgan fingerprint density at radius 2 is 1.58 bits per heavy atom. The molecular weight excluding hydrogens is 328 g/mol. The largest absolute Gasteiger partial charge is 0.493 e. The molecule has 0 amide bonds. The second kappa shape index (κ2) is 7.66. The number of aromatic nitrogens is 2. The van der Waals surface area contributed by atoms with Crippen molar-refractivity contribution in [1.29, 1.82) is 0 Å². The molecule has 2 fully saturated rings. The highest BCUT2D eigenvalue weighted by molar-refractivity contribution is 5.92. The van der Waals surface area contributed by atoms with Crippen LogP contribution in [0, 0.1) is 0 Å². The first-order chi connectivity index (χ1) is 12.8. The van der Waals surface area contributed by atoms with E-state index < -0.39 is 0 Å². The van der Waals surface area contributed by atoms with E-state index >= 15 is 0 Å². The van der Waals surface area contributed by atoms with E-state index in [9.17, 15) is 0 Å². The van der Waals surface area contributed by atoms with E-state index in [4.69, 9.17) is 9.47 Å². The molecule has 140 valence electrons. The molecule has 4 rings (SSSR count). The van der Waals surface area contributed by atoms with Crippen molar-refractivity contribution in [3.63, 3.8) is 0 Å². The first-order valence-corrected chi connectivity index (χ1v) is 9.66. The molecule has 2 aromatic rings. The SMILES string of the molecule is COc1cc2ncnc(N3CCC(N4CCCCC4)CC3)c2cc1OC. The number of fused-ring (bicyclic) bond motifs is 1. The minimum absolute atomic E-state index is 0.702. The van der Waals surface area contributed by atoms with Crippen LogP contribution in [0.2, 0.25) is 0 Å². The summed E-state index contributed by atoms with van der Waals surface area (Å²) in [5.74, 6) is 2.43. The normalized spacial score (nSPS) is 19.7. The minimum Gasteiger partial charge on any atom is -0.493 e. The standard InChI is InChI=1S/C20H28N4O2/c1-25-18-12-16-17(13-19(18)26-2)21-14-22-20(16)24-10-6-15(7-11-24)23-8-4-3-5-9-23/h12-15H,3-11H2,1-2H3. The lowest BCUT2D eigenvalue weighted by atomic mass is 9.99. The van der Waals surface area contributed by atoms with Crippen LogP contribution in [0.5, 0.6) is 11.5 Å². The Labute approximate surface area is 155 Å². The van der Waals surface area contributed by atoms with Crippen LogP contribution in [-0.2, 0) is 0 Å². The molecule has 0 aliphatic carbocycles. The van der Waals surface area contributed by atoms with Gasteiger partial charge < -0.3 is 19.3 Å². The average molecular weight is 356 g/mol. The lowest BCUT2D eigenvalue weighted by Gasteiger charge is -2.40. The van der Waals surface area contributed by atoms with Gasteiger partial charge in [-0.25, -0.2) is 9.97 Å². The van der Waals surface area contributed by atoms with Gasteiger partial charge in [0.25, 0.3) is 0 Å². The molecule has 3 heterocycles. The Kier molecular flexibility index (Phi) is 5.11. The zero-order valence-electron chi connectivity index (χ0n) is 15.8. The van der Waals surface area contributed by atoms with Gasteiger partial charge in [-0.3, -0.25) is 0 Å². The first-order valence-electron chi connectivity index (χ1n) is 9.66. The predicted octanol–water partition coefficient (Wildman–Crippen LogP) is 3.10. The van der Waals surface area contributed by atoms with Crippen molar-refractivity contribution >= 4 is 16.7 Å². The Hall–Kier alpha value is -2.08. The first kappa shape index (κ1) is 17.3. The molecule has 0 atom stereocenters. The summed E-state index contributed by atoms with van der Waals surface area (Å²) >= 11 is 0. The van der Waals surface area contributed by atoms with E-state index in [1.54, 1.807) is 20.5 Å². The van der Waals surface area contributed by atoms with Crippen LogP contribution in [0.25, 0.3) is 10.9 Å². The van der Waals surface area contributed by atoms with Gasteiger partial charge in [0, 0.05) is 30.6 Å². The lowest BCUT2D eigenvalue weighted by Crippen LogP contribution is -2.47. The summed E-state index contributed by atoms with van der Waals surface area (Å²) in [6.07, 6.45) is 8.18. The third kappa shape index (κ3) is 3.30. The number of anilines is 1. The van der Waals surface area contributed by atoms with Gasteiger partial charge in [-0.1, -0.05) is 6.42 Å². The Morgan fingerprint density at radius 3 is 2.27 bits per heavy atom. The van der Waals surface area contributed by atoms with Gasteiger partial charge in [-0.05, 0) is 44.8 Å². The number of rotatable bonds is 4. The van der Waals surface area contributed by atoms with Gasteiger partial charge in [0.1, 0.15) is 12.1 Å². The topological polar surface area (TPSA) is 50.7 Å². The number of likely N-dealkylation sites (tertiary alicyclic amines) is 1. The summed E-state index contributed by atoms with van der Waals surface area (Å²) < 4.78 is 10.9. The molecule has 6 heteroatoms. The highest BCUT2D eigenvalue weighted by Crippen LogP contribution is 2.35. The van der Waals surface area contributed by atoms with Gasteiger partial charge in [0.2, 0.25) is 0 Å². The second-order valence-electron chi connectivity index (χ2n) is 7.24. The van der Waals surface area contributed by atoms with Crippen molar-refractivity contribution in [1.82, 2.24) is 14.9 Å². The monoisotopic (exact) mass is 356 g/mol. The third-order valence-electron chi connectivity index (χ3n) is 5.79. The number of hydrogen-bond acceptors (Lipinski definition) is 6. The maximum atomic E-state index is 5.48. The van der Waals surface area contributed by atoms with Gasteiger partial charge >= 0.3 is 0 Å². The van der Waals surface area contributed by atoms with Crippen molar-refractivity contribution < 1.29 is 9.47 Å². The maximum Gasteiger partial charge on any atom is 0.162 e. The summed E-state index contributed by atoms with van der Waals surface area (Å²) in [5.41, 5.74) is 0.894. The van der Waals surface area contributed by atoms with Crippen LogP contribution in [-0.4, -0.2) is 61.3 Å². The van der Waals surface area contributed by atoms with Crippen LogP contribution in [0.4, 0.5) is 5.82 Å². The van der Waals surface area contributed by atoms with E-state index in [1.807, 2.05) is 12.1 Å². The molecule has 2 aliphatic heterocycles. The van der Waals surface area contributed by atoms with Crippen molar-refractivity contribution in [3.8, 4) is 11.5 Å². The van der Waals surface area contributed by atoms with E-state index in [0.717, 1.165) is 41.6 Å². The molecule has 0 saturated carbocycles. The fraction of sp³-hybridized carbons (Fsp3) is 0.600. The number of methoxy groups -OCH3 is 2. The van der Waals surface area contributed by atoms with Crippen molar-refractivity contribution in [2.45, 2.75) is 38.1 Å². The number of benzene rings is 1. The molecule has 1 aromatic carbocycles. The molecule has 0 N–H and O–H groups in total. The molecular formula is C20H28N4O2. The highest BCUT2D eigenvalue weighted by atomic mass is 16.5. The van der Waals surface area contributed by atoms with Crippen LogP contribution < -0.4 is 14.4 Å².